The Kier molecular flexibility index (Phi) is 3.69. The van der Waals surface area contributed by atoms with Crippen molar-refractivity contribution < 1.29 is 1.43 Å². The molecular weight excluding hydrogens is 147 g/mol. The van der Waals surface area contributed by atoms with Crippen LogP contribution in [0.15, 0.2) is 24.3 Å². The molecule has 0 saturated heterocycles. The van der Waals surface area contributed by atoms with Gasteiger partial charge in [-0.15, -0.1) is 0 Å². The van der Waals surface area contributed by atoms with Gasteiger partial charge < -0.3 is 1.43 Å². The van der Waals surface area contributed by atoms with Crippen LogP contribution in [-0.2, 0) is 0 Å². The topological polar surface area (TPSA) is 0 Å². The van der Waals surface area contributed by atoms with E-state index >= 15 is 0 Å². The van der Waals surface area contributed by atoms with Gasteiger partial charge in [0, 0.05) is 0 Å². The van der Waals surface area contributed by atoms with Crippen molar-refractivity contribution in [2.75, 3.05) is 0 Å². The summed E-state index contributed by atoms with van der Waals surface area (Å²) >= 11 is 0.537. The van der Waals surface area contributed by atoms with Crippen LogP contribution in [0.5, 0.6) is 0 Å². The standard InChI is InChI=1S/C7H7.C3H7.Al.H/c1-7-5-3-2-4-6-7;1-3-2;;/h3-6H,1H3;1,3H2,2H3;;/q;;+1;-1. The molecule has 0 atom stereocenters. The van der Waals surface area contributed by atoms with E-state index in [1.54, 1.807) is 4.43 Å². The summed E-state index contributed by atoms with van der Waals surface area (Å²) in [7, 11) is 0. The molecule has 0 aliphatic heterocycles. The molecule has 0 aliphatic rings. The Morgan fingerprint density at radius 2 is 1.91 bits per heavy atom. The van der Waals surface area contributed by atoms with Gasteiger partial charge in [0.1, 0.15) is 0 Å². The van der Waals surface area contributed by atoms with Gasteiger partial charge in [-0.05, 0) is 0 Å². The Morgan fingerprint density at radius 3 is 2.45 bits per heavy atom. The fourth-order valence-electron chi connectivity index (χ4n) is 1.01. The molecule has 0 fully saturated rings. The van der Waals surface area contributed by atoms with Crippen molar-refractivity contribution in [2.24, 2.45) is 0 Å². The van der Waals surface area contributed by atoms with Crippen molar-refractivity contribution in [1.29, 1.82) is 0 Å². The van der Waals surface area contributed by atoms with Crippen molar-refractivity contribution in [3.63, 3.8) is 0 Å². The molecule has 0 nitrogen and oxygen atoms in total. The predicted molar refractivity (Wildman–Crippen MR) is 52.8 cm³/mol. The number of aryl methyl sites for hydroxylation is 1. The molecule has 0 saturated carbocycles. The number of hydrogen-bond donors (Lipinski definition) is 0. The second kappa shape index (κ2) is 4.59. The normalized spacial score (nSPS) is 9.27. The van der Waals surface area contributed by atoms with Crippen LogP contribution in [0.3, 0.4) is 0 Å². The first-order chi connectivity index (χ1) is 5.33. The molecule has 0 N–H and O–H groups in total. The van der Waals surface area contributed by atoms with Crippen LogP contribution in [0.2, 0.25) is 5.28 Å². The monoisotopic (exact) mass is 162 g/mol. The van der Waals surface area contributed by atoms with Gasteiger partial charge in [0.25, 0.3) is 0 Å². The van der Waals surface area contributed by atoms with Gasteiger partial charge in [0.05, 0.1) is 0 Å². The smallest absolute Gasteiger partial charge is 1.00 e. The van der Waals surface area contributed by atoms with E-state index in [-0.39, 0.29) is 1.43 Å². The molecule has 0 aromatic heterocycles. The second-order valence-electron chi connectivity index (χ2n) is 2.90. The maximum atomic E-state index is 2.26. The zero-order valence-corrected chi connectivity index (χ0v) is 8.46. The third-order valence-corrected chi connectivity index (χ3v) is 3.47. The van der Waals surface area contributed by atoms with E-state index in [1.165, 1.54) is 17.3 Å². The quantitative estimate of drug-likeness (QED) is 0.598. The summed E-state index contributed by atoms with van der Waals surface area (Å²) in [6.45, 7) is 4.39. The van der Waals surface area contributed by atoms with E-state index in [4.69, 9.17) is 0 Å². The van der Waals surface area contributed by atoms with E-state index in [2.05, 4.69) is 38.1 Å². The summed E-state index contributed by atoms with van der Waals surface area (Å²) in [4.78, 5) is 0. The third-order valence-electron chi connectivity index (χ3n) is 1.75. The molecule has 58 valence electrons. The van der Waals surface area contributed by atoms with Gasteiger partial charge in [-0.2, -0.15) is 0 Å². The van der Waals surface area contributed by atoms with Gasteiger partial charge in [0.2, 0.25) is 0 Å². The molecule has 11 heavy (non-hydrogen) atoms. The van der Waals surface area contributed by atoms with Crippen LogP contribution in [0.4, 0.5) is 0 Å². The Labute approximate surface area is 76.8 Å². The van der Waals surface area contributed by atoms with E-state index in [0.717, 1.165) is 0 Å². The zero-order chi connectivity index (χ0) is 8.10. The van der Waals surface area contributed by atoms with Gasteiger partial charge >= 0.3 is 75.0 Å². The first-order valence-corrected chi connectivity index (χ1v) is 5.62. The van der Waals surface area contributed by atoms with E-state index < -0.39 is 0 Å². The minimum Gasteiger partial charge on any atom is -1.00 e. The number of hydrogen-bond acceptors (Lipinski definition) is 0. The molecule has 0 spiro atoms. The first kappa shape index (κ1) is 8.85. The molecule has 0 amide bonds. The van der Waals surface area contributed by atoms with E-state index in [9.17, 15) is 0 Å². The molecule has 0 bridgehead atoms. The fourth-order valence-corrected chi connectivity index (χ4v) is 2.10. The minimum atomic E-state index is 0. The van der Waals surface area contributed by atoms with Crippen molar-refractivity contribution in [3.05, 3.63) is 29.8 Å². The number of benzene rings is 1. The fraction of sp³-hybridized carbons (Fsp3) is 0.400. The molecule has 0 radical (unpaired) electrons. The van der Waals surface area contributed by atoms with Gasteiger partial charge in [-0.3, -0.25) is 0 Å². The number of rotatable bonds is 3. The summed E-state index contributed by atoms with van der Waals surface area (Å²) in [5.41, 5.74) is 1.37. The van der Waals surface area contributed by atoms with Crippen molar-refractivity contribution in [1.82, 2.24) is 0 Å². The molecule has 0 aliphatic carbocycles. The summed E-state index contributed by atoms with van der Waals surface area (Å²) in [5, 5.41) is 1.39. The minimum absolute atomic E-state index is 0. The van der Waals surface area contributed by atoms with E-state index in [0.29, 0.717) is 15.2 Å². The molecule has 1 aromatic carbocycles. The Hall–Kier alpha value is -0.248. The average Bonchev–Trinajstić information content (AvgIpc) is 2.04. The molecule has 0 heterocycles. The zero-order valence-electron chi connectivity index (χ0n) is 8.30. The Morgan fingerprint density at radius 1 is 1.27 bits per heavy atom. The van der Waals surface area contributed by atoms with Gasteiger partial charge in [0.15, 0.2) is 0 Å². The summed E-state index contributed by atoms with van der Waals surface area (Å²) < 4.78 is 1.55. The summed E-state index contributed by atoms with van der Waals surface area (Å²) in [5.74, 6) is 0. The maximum Gasteiger partial charge on any atom is -1.00 e. The van der Waals surface area contributed by atoms with Crippen LogP contribution in [0.25, 0.3) is 0 Å². The van der Waals surface area contributed by atoms with Crippen LogP contribution < -0.4 is 4.43 Å². The third kappa shape index (κ3) is 3.10. The first-order valence-electron chi connectivity index (χ1n) is 4.23. The largest absolute Gasteiger partial charge is 1.00 e. The maximum absolute atomic E-state index is 2.26. The Bertz CT molecular complexity index is 206. The predicted octanol–water partition coefficient (Wildman–Crippen LogP) is 2.27. The summed E-state index contributed by atoms with van der Waals surface area (Å²) in [6, 6.07) is 8.94. The molecule has 1 aromatic rings. The molecule has 1 rings (SSSR count). The van der Waals surface area contributed by atoms with Crippen LogP contribution in [0, 0.1) is 6.92 Å². The average molecular weight is 162 g/mol. The van der Waals surface area contributed by atoms with Crippen molar-refractivity contribution in [2.45, 2.75) is 25.6 Å². The molecule has 1 heteroatoms. The van der Waals surface area contributed by atoms with Crippen LogP contribution >= 0.6 is 0 Å². The van der Waals surface area contributed by atoms with Crippen LogP contribution in [-0.4, -0.2) is 15.2 Å². The van der Waals surface area contributed by atoms with Gasteiger partial charge in [-0.1, -0.05) is 0 Å². The Balaban J connectivity index is 0.00000121. The van der Waals surface area contributed by atoms with E-state index in [1.807, 2.05) is 0 Å². The molecule has 0 unspecified atom stereocenters. The second-order valence-corrected chi connectivity index (χ2v) is 4.56. The summed E-state index contributed by atoms with van der Waals surface area (Å²) in [6.07, 6.45) is 1.32. The van der Waals surface area contributed by atoms with Gasteiger partial charge in [-0.25, -0.2) is 0 Å². The van der Waals surface area contributed by atoms with Crippen LogP contribution in [0.1, 0.15) is 20.3 Å². The van der Waals surface area contributed by atoms with Crippen molar-refractivity contribution >= 4 is 19.6 Å². The SMILES string of the molecule is CC[CH2][Al+][c]1ccc(C)cc1.[H-]. The molecular formula is C10H15Al. The van der Waals surface area contributed by atoms with Crippen molar-refractivity contribution in [3.8, 4) is 0 Å².